The average Bonchev–Trinajstić information content (AvgIpc) is 2.66. The number of nitrogens with one attached hydrogen (secondary N) is 1. The number of thiazole rings is 1. The van der Waals surface area contributed by atoms with Gasteiger partial charge in [0.2, 0.25) is 0 Å². The van der Waals surface area contributed by atoms with Crippen LogP contribution in [-0.4, -0.2) is 11.5 Å². The van der Waals surface area contributed by atoms with E-state index in [0.717, 1.165) is 29.7 Å². The Kier molecular flexibility index (Phi) is 5.38. The molecule has 0 aromatic carbocycles. The molecule has 2 atom stereocenters. The normalized spacial score (nSPS) is 15.4. The van der Waals surface area contributed by atoms with Crippen LogP contribution in [0.25, 0.3) is 0 Å². The predicted molar refractivity (Wildman–Crippen MR) is 70.4 cm³/mol. The molecule has 0 aliphatic rings. The first-order chi connectivity index (χ1) is 7.50. The van der Waals surface area contributed by atoms with Crippen molar-refractivity contribution in [1.29, 1.82) is 0 Å². The maximum atomic E-state index is 5.77. The lowest BCUT2D eigenvalue weighted by Gasteiger charge is -2.15. The Morgan fingerprint density at radius 1 is 1.38 bits per heavy atom. The van der Waals surface area contributed by atoms with Crippen LogP contribution in [0.2, 0.25) is 0 Å². The Morgan fingerprint density at radius 2 is 2.06 bits per heavy atom. The van der Waals surface area contributed by atoms with E-state index in [1.807, 2.05) is 6.92 Å². The van der Waals surface area contributed by atoms with Crippen LogP contribution in [0, 0.1) is 11.8 Å². The monoisotopic (exact) mass is 241 g/mol. The van der Waals surface area contributed by atoms with E-state index in [-0.39, 0.29) is 6.04 Å². The van der Waals surface area contributed by atoms with Gasteiger partial charge in [-0.1, -0.05) is 20.8 Å². The molecule has 0 saturated heterocycles. The molecule has 3 nitrogen and oxygen atoms in total. The van der Waals surface area contributed by atoms with Gasteiger partial charge in [0, 0.05) is 11.9 Å². The molecule has 1 rings (SSSR count). The molecule has 1 heterocycles. The number of hydrogen-bond acceptors (Lipinski definition) is 4. The number of aromatic nitrogens is 1. The standard InChI is InChI=1S/C12H23N3S/c1-8(2)9(3)5-14-6-11-7-16-12(15-11)10(4)13/h7-10,14H,5-6,13H2,1-4H3. The summed E-state index contributed by atoms with van der Waals surface area (Å²) in [5.74, 6) is 1.43. The quantitative estimate of drug-likeness (QED) is 0.804. The molecule has 0 aliphatic carbocycles. The summed E-state index contributed by atoms with van der Waals surface area (Å²) in [5.41, 5.74) is 6.88. The van der Waals surface area contributed by atoms with Gasteiger partial charge in [-0.15, -0.1) is 11.3 Å². The highest BCUT2D eigenvalue weighted by molar-refractivity contribution is 7.09. The Labute approximate surface area is 102 Å². The number of rotatable bonds is 6. The number of hydrogen-bond donors (Lipinski definition) is 2. The largest absolute Gasteiger partial charge is 0.322 e. The van der Waals surface area contributed by atoms with Crippen LogP contribution < -0.4 is 11.1 Å². The van der Waals surface area contributed by atoms with E-state index in [1.165, 1.54) is 0 Å². The third kappa shape index (κ3) is 4.20. The topological polar surface area (TPSA) is 50.9 Å². The summed E-state index contributed by atoms with van der Waals surface area (Å²) >= 11 is 1.65. The van der Waals surface area contributed by atoms with Crippen molar-refractivity contribution >= 4 is 11.3 Å². The van der Waals surface area contributed by atoms with Crippen molar-refractivity contribution in [1.82, 2.24) is 10.3 Å². The van der Waals surface area contributed by atoms with Crippen LogP contribution in [0.5, 0.6) is 0 Å². The first-order valence-electron chi connectivity index (χ1n) is 5.91. The fourth-order valence-corrected chi connectivity index (χ4v) is 2.05. The summed E-state index contributed by atoms with van der Waals surface area (Å²) in [6.07, 6.45) is 0. The molecule has 1 aromatic heterocycles. The van der Waals surface area contributed by atoms with E-state index >= 15 is 0 Å². The molecular formula is C12H23N3S. The first-order valence-corrected chi connectivity index (χ1v) is 6.79. The predicted octanol–water partition coefficient (Wildman–Crippen LogP) is 2.54. The van der Waals surface area contributed by atoms with Crippen molar-refractivity contribution in [2.45, 2.75) is 40.3 Å². The van der Waals surface area contributed by atoms with Gasteiger partial charge >= 0.3 is 0 Å². The highest BCUT2D eigenvalue weighted by atomic mass is 32.1. The Hall–Kier alpha value is -0.450. The highest BCUT2D eigenvalue weighted by Crippen LogP contribution is 2.15. The molecular weight excluding hydrogens is 218 g/mol. The molecule has 3 N–H and O–H groups in total. The summed E-state index contributed by atoms with van der Waals surface area (Å²) in [4.78, 5) is 4.48. The van der Waals surface area contributed by atoms with Crippen molar-refractivity contribution < 1.29 is 0 Å². The van der Waals surface area contributed by atoms with Gasteiger partial charge in [0.05, 0.1) is 11.7 Å². The lowest BCUT2D eigenvalue weighted by atomic mass is 9.98. The van der Waals surface area contributed by atoms with Crippen LogP contribution in [0.15, 0.2) is 5.38 Å². The smallest absolute Gasteiger partial charge is 0.109 e. The van der Waals surface area contributed by atoms with E-state index in [0.29, 0.717) is 5.92 Å². The summed E-state index contributed by atoms with van der Waals surface area (Å²) in [5, 5.41) is 6.55. The maximum absolute atomic E-state index is 5.77. The zero-order chi connectivity index (χ0) is 12.1. The van der Waals surface area contributed by atoms with Crippen LogP contribution in [-0.2, 0) is 6.54 Å². The molecule has 0 bridgehead atoms. The van der Waals surface area contributed by atoms with Gasteiger partial charge in [-0.25, -0.2) is 4.98 Å². The van der Waals surface area contributed by atoms with Crippen molar-refractivity contribution in [3.63, 3.8) is 0 Å². The van der Waals surface area contributed by atoms with Crippen molar-refractivity contribution in [2.75, 3.05) is 6.54 Å². The summed E-state index contributed by atoms with van der Waals surface area (Å²) in [6.45, 7) is 10.6. The summed E-state index contributed by atoms with van der Waals surface area (Å²) < 4.78 is 0. The van der Waals surface area contributed by atoms with Gasteiger partial charge in [-0.2, -0.15) is 0 Å². The molecule has 0 amide bonds. The Morgan fingerprint density at radius 3 is 2.56 bits per heavy atom. The minimum Gasteiger partial charge on any atom is -0.322 e. The number of nitrogens with zero attached hydrogens (tertiary/aromatic N) is 1. The van der Waals surface area contributed by atoms with Crippen molar-refractivity contribution in [3.05, 3.63) is 16.1 Å². The third-order valence-electron chi connectivity index (χ3n) is 2.87. The van der Waals surface area contributed by atoms with Crippen molar-refractivity contribution in [2.24, 2.45) is 17.6 Å². The third-order valence-corrected chi connectivity index (χ3v) is 3.96. The minimum atomic E-state index is 0.0494. The van der Waals surface area contributed by atoms with Gasteiger partial charge in [0.15, 0.2) is 0 Å². The van der Waals surface area contributed by atoms with E-state index in [1.54, 1.807) is 11.3 Å². The molecule has 92 valence electrons. The van der Waals surface area contributed by atoms with Crippen LogP contribution >= 0.6 is 11.3 Å². The Bertz CT molecular complexity index is 307. The van der Waals surface area contributed by atoms with E-state index in [4.69, 9.17) is 5.73 Å². The van der Waals surface area contributed by atoms with Crippen LogP contribution in [0.4, 0.5) is 0 Å². The van der Waals surface area contributed by atoms with Crippen molar-refractivity contribution in [3.8, 4) is 0 Å². The zero-order valence-electron chi connectivity index (χ0n) is 10.7. The number of nitrogens with two attached hydrogens (primary N) is 1. The van der Waals surface area contributed by atoms with E-state index in [2.05, 4.69) is 36.5 Å². The SMILES string of the molecule is CC(N)c1nc(CNCC(C)C(C)C)cs1. The molecule has 0 fully saturated rings. The fourth-order valence-electron chi connectivity index (χ4n) is 1.28. The van der Waals surface area contributed by atoms with Gasteiger partial charge in [0.25, 0.3) is 0 Å². The van der Waals surface area contributed by atoms with Gasteiger partial charge < -0.3 is 11.1 Å². The van der Waals surface area contributed by atoms with Gasteiger partial charge in [0.1, 0.15) is 5.01 Å². The molecule has 4 heteroatoms. The molecule has 1 aromatic rings. The average molecular weight is 241 g/mol. The molecule has 0 saturated carbocycles. The lowest BCUT2D eigenvalue weighted by molar-refractivity contribution is 0.392. The first kappa shape index (κ1) is 13.6. The lowest BCUT2D eigenvalue weighted by Crippen LogP contribution is -2.23. The summed E-state index contributed by atoms with van der Waals surface area (Å²) in [6, 6.07) is 0.0494. The van der Waals surface area contributed by atoms with Gasteiger partial charge in [-0.05, 0) is 25.3 Å². The second-order valence-electron chi connectivity index (χ2n) is 4.82. The maximum Gasteiger partial charge on any atom is 0.109 e. The van der Waals surface area contributed by atoms with Crippen LogP contribution in [0.1, 0.15) is 44.4 Å². The molecule has 0 aliphatic heterocycles. The second kappa shape index (κ2) is 6.33. The minimum absolute atomic E-state index is 0.0494. The molecule has 0 radical (unpaired) electrons. The fraction of sp³-hybridized carbons (Fsp3) is 0.750. The van der Waals surface area contributed by atoms with E-state index < -0.39 is 0 Å². The molecule has 2 unspecified atom stereocenters. The zero-order valence-corrected chi connectivity index (χ0v) is 11.5. The van der Waals surface area contributed by atoms with E-state index in [9.17, 15) is 0 Å². The second-order valence-corrected chi connectivity index (χ2v) is 5.71. The van der Waals surface area contributed by atoms with Crippen LogP contribution in [0.3, 0.4) is 0 Å². The molecule has 0 spiro atoms. The highest BCUT2D eigenvalue weighted by Gasteiger charge is 2.08. The van der Waals surface area contributed by atoms with Gasteiger partial charge in [-0.3, -0.25) is 0 Å². The summed E-state index contributed by atoms with van der Waals surface area (Å²) in [7, 11) is 0. The molecule has 16 heavy (non-hydrogen) atoms. The Balaban J connectivity index is 2.32.